The lowest BCUT2D eigenvalue weighted by molar-refractivity contribution is -0.192. The molecule has 0 saturated heterocycles. The fraction of sp³-hybridized carbons (Fsp3) is 0.381. The van der Waals surface area contributed by atoms with Crippen LogP contribution in [0.15, 0.2) is 35.0 Å². The zero-order valence-electron chi connectivity index (χ0n) is 18.0. The summed E-state index contributed by atoms with van der Waals surface area (Å²) in [5.74, 6) is -1.72. The highest BCUT2D eigenvalue weighted by molar-refractivity contribution is 6.06. The summed E-state index contributed by atoms with van der Waals surface area (Å²) < 4.78 is 37.0. The quantitative estimate of drug-likeness (QED) is 0.619. The molecule has 1 N–H and O–H groups in total. The summed E-state index contributed by atoms with van der Waals surface area (Å²) in [5, 5.41) is 11.9. The average Bonchev–Trinajstić information content (AvgIpc) is 3.18. The van der Waals surface area contributed by atoms with Crippen molar-refractivity contribution >= 4 is 22.8 Å². The molecule has 3 aromatic rings. The van der Waals surface area contributed by atoms with E-state index in [9.17, 15) is 18.0 Å². The van der Waals surface area contributed by atoms with E-state index in [1.54, 1.807) is 17.2 Å². The Morgan fingerprint density at radius 1 is 1.22 bits per heavy atom. The molecular formula is C21H23F3N4O4. The molecule has 11 heteroatoms. The highest BCUT2D eigenvalue weighted by Crippen LogP contribution is 2.21. The molecule has 0 fully saturated rings. The maximum Gasteiger partial charge on any atom is 0.490 e. The minimum Gasteiger partial charge on any atom is -0.475 e. The van der Waals surface area contributed by atoms with E-state index in [1.807, 2.05) is 45.9 Å². The third kappa shape index (κ3) is 6.25. The Bertz CT molecular complexity index is 1100. The number of carbonyl (C=O) groups is 2. The molecule has 0 atom stereocenters. The lowest BCUT2D eigenvalue weighted by atomic mass is 10.0. The molecule has 1 amide bonds. The zero-order valence-corrected chi connectivity index (χ0v) is 18.0. The van der Waals surface area contributed by atoms with Crippen molar-refractivity contribution in [3.63, 3.8) is 0 Å². The first-order chi connectivity index (χ1) is 14.9. The molecule has 3 rings (SSSR count). The Morgan fingerprint density at radius 2 is 1.88 bits per heavy atom. The van der Waals surface area contributed by atoms with E-state index in [-0.39, 0.29) is 11.9 Å². The molecule has 0 aliphatic rings. The van der Waals surface area contributed by atoms with Gasteiger partial charge in [-0.15, -0.1) is 0 Å². The number of pyridine rings is 1. The number of hydrogen-bond acceptors (Lipinski definition) is 6. The van der Waals surface area contributed by atoms with E-state index in [4.69, 9.17) is 14.4 Å². The van der Waals surface area contributed by atoms with Crippen LogP contribution in [0.3, 0.4) is 0 Å². The van der Waals surface area contributed by atoms with E-state index in [2.05, 4.69) is 15.1 Å². The van der Waals surface area contributed by atoms with Crippen molar-refractivity contribution in [3.8, 4) is 0 Å². The van der Waals surface area contributed by atoms with E-state index < -0.39 is 12.1 Å². The van der Waals surface area contributed by atoms with Crippen LogP contribution in [-0.2, 0) is 17.8 Å². The number of carbonyl (C=O) groups excluding carboxylic acids is 1. The molecule has 0 bridgehead atoms. The van der Waals surface area contributed by atoms with Gasteiger partial charge in [-0.25, -0.2) is 4.79 Å². The topological polar surface area (TPSA) is 109 Å². The maximum atomic E-state index is 13.2. The third-order valence-electron chi connectivity index (χ3n) is 4.39. The number of nitrogens with zero attached hydrogens (tertiary/aromatic N) is 4. The van der Waals surface area contributed by atoms with Crippen molar-refractivity contribution in [3.05, 3.63) is 53.3 Å². The summed E-state index contributed by atoms with van der Waals surface area (Å²) in [4.78, 5) is 32.5. The van der Waals surface area contributed by atoms with Crippen LogP contribution >= 0.6 is 0 Å². The lowest BCUT2D eigenvalue weighted by Crippen LogP contribution is -2.36. The van der Waals surface area contributed by atoms with Crippen LogP contribution in [0, 0.1) is 6.92 Å². The van der Waals surface area contributed by atoms with Gasteiger partial charge in [-0.1, -0.05) is 23.7 Å². The predicted octanol–water partition coefficient (Wildman–Crippen LogP) is 4.17. The van der Waals surface area contributed by atoms with Gasteiger partial charge in [0.15, 0.2) is 5.82 Å². The first-order valence-electron chi connectivity index (χ1n) is 9.72. The van der Waals surface area contributed by atoms with Crippen molar-refractivity contribution in [2.75, 3.05) is 0 Å². The summed E-state index contributed by atoms with van der Waals surface area (Å²) in [7, 11) is 0. The Balaban J connectivity index is 0.000000451. The SMILES string of the molecule is CCc1noc(CN(C(=O)c2ccnc3ccc(C)cc23)C(C)C)n1.O=C(O)C(F)(F)F. The number of amides is 1. The van der Waals surface area contributed by atoms with Gasteiger partial charge >= 0.3 is 12.1 Å². The van der Waals surface area contributed by atoms with Crippen LogP contribution in [-0.4, -0.2) is 49.2 Å². The van der Waals surface area contributed by atoms with Crippen molar-refractivity contribution in [2.24, 2.45) is 0 Å². The monoisotopic (exact) mass is 452 g/mol. The van der Waals surface area contributed by atoms with Gasteiger partial charge < -0.3 is 14.5 Å². The van der Waals surface area contributed by atoms with Crippen molar-refractivity contribution in [1.82, 2.24) is 20.0 Å². The third-order valence-corrected chi connectivity index (χ3v) is 4.39. The highest BCUT2D eigenvalue weighted by atomic mass is 19.4. The van der Waals surface area contributed by atoms with Crippen LogP contribution in [0.2, 0.25) is 0 Å². The van der Waals surface area contributed by atoms with Crippen LogP contribution in [0.25, 0.3) is 10.9 Å². The molecule has 0 aliphatic carbocycles. The summed E-state index contributed by atoms with van der Waals surface area (Å²) >= 11 is 0. The Morgan fingerprint density at radius 3 is 2.41 bits per heavy atom. The van der Waals surface area contributed by atoms with Crippen molar-refractivity contribution in [2.45, 2.75) is 52.9 Å². The van der Waals surface area contributed by atoms with Gasteiger partial charge in [-0.2, -0.15) is 18.2 Å². The Hall–Kier alpha value is -3.50. The number of benzene rings is 1. The molecule has 0 spiro atoms. The van der Waals surface area contributed by atoms with E-state index in [1.165, 1.54) is 0 Å². The lowest BCUT2D eigenvalue weighted by Gasteiger charge is -2.25. The second-order valence-corrected chi connectivity index (χ2v) is 7.17. The molecule has 0 saturated carbocycles. The standard InChI is InChI=1S/C19H22N4O2.C2HF3O2/c1-5-17-21-18(25-22-17)11-23(12(2)3)19(24)14-8-9-20-16-7-6-13(4)10-15(14)16;3-2(4,5)1(6)7/h6-10,12H,5,11H2,1-4H3;(H,6,7). The van der Waals surface area contributed by atoms with Gasteiger partial charge in [-0.05, 0) is 39.0 Å². The van der Waals surface area contributed by atoms with Gasteiger partial charge in [0, 0.05) is 24.0 Å². The molecule has 1 aromatic carbocycles. The van der Waals surface area contributed by atoms with E-state index in [0.717, 1.165) is 16.5 Å². The molecule has 0 aliphatic heterocycles. The first kappa shape index (κ1) is 24.8. The molecule has 0 radical (unpaired) electrons. The van der Waals surface area contributed by atoms with Crippen LogP contribution in [0.4, 0.5) is 13.2 Å². The van der Waals surface area contributed by atoms with Gasteiger partial charge in [0.1, 0.15) is 6.54 Å². The minimum absolute atomic E-state index is 0.00231. The number of aromatic nitrogens is 3. The highest BCUT2D eigenvalue weighted by Gasteiger charge is 2.38. The van der Waals surface area contributed by atoms with Crippen LogP contribution in [0.5, 0.6) is 0 Å². The minimum atomic E-state index is -5.08. The predicted molar refractivity (Wildman–Crippen MR) is 109 cm³/mol. The summed E-state index contributed by atoms with van der Waals surface area (Å²) in [5.41, 5.74) is 2.54. The number of carboxylic acid groups (broad SMARTS) is 1. The number of hydrogen-bond donors (Lipinski definition) is 1. The smallest absolute Gasteiger partial charge is 0.475 e. The molecular weight excluding hydrogens is 429 g/mol. The van der Waals surface area contributed by atoms with Gasteiger partial charge in [0.05, 0.1) is 11.1 Å². The van der Waals surface area contributed by atoms with Gasteiger partial charge in [0.25, 0.3) is 5.91 Å². The van der Waals surface area contributed by atoms with Crippen molar-refractivity contribution in [1.29, 1.82) is 0 Å². The number of aryl methyl sites for hydroxylation is 2. The largest absolute Gasteiger partial charge is 0.490 e. The fourth-order valence-corrected chi connectivity index (χ4v) is 2.73. The van der Waals surface area contributed by atoms with E-state index in [0.29, 0.717) is 30.2 Å². The number of alkyl halides is 3. The van der Waals surface area contributed by atoms with Gasteiger partial charge in [-0.3, -0.25) is 9.78 Å². The number of fused-ring (bicyclic) bond motifs is 1. The molecule has 0 unspecified atom stereocenters. The normalized spacial score (nSPS) is 11.2. The first-order valence-corrected chi connectivity index (χ1v) is 9.72. The molecule has 2 aromatic heterocycles. The van der Waals surface area contributed by atoms with Gasteiger partial charge in [0.2, 0.25) is 5.89 Å². The zero-order chi connectivity index (χ0) is 24.1. The Labute approximate surface area is 182 Å². The number of carboxylic acids is 1. The summed E-state index contributed by atoms with van der Waals surface area (Å²) in [6.07, 6.45) is -2.71. The second-order valence-electron chi connectivity index (χ2n) is 7.17. The van der Waals surface area contributed by atoms with Crippen LogP contribution in [0.1, 0.15) is 48.4 Å². The second kappa shape index (κ2) is 10.2. The van der Waals surface area contributed by atoms with Crippen LogP contribution < -0.4 is 0 Å². The number of rotatable bonds is 5. The summed E-state index contributed by atoms with van der Waals surface area (Å²) in [6.45, 7) is 8.21. The number of halogens is 3. The number of aliphatic carboxylic acids is 1. The van der Waals surface area contributed by atoms with Crippen molar-refractivity contribution < 1.29 is 32.4 Å². The average molecular weight is 452 g/mol. The maximum absolute atomic E-state index is 13.2. The molecule has 32 heavy (non-hydrogen) atoms. The molecule has 172 valence electrons. The van der Waals surface area contributed by atoms with E-state index >= 15 is 0 Å². The molecule has 8 nitrogen and oxygen atoms in total. The Kier molecular flexibility index (Phi) is 7.90. The fourth-order valence-electron chi connectivity index (χ4n) is 2.73. The molecule has 2 heterocycles. The summed E-state index contributed by atoms with van der Waals surface area (Å²) in [6, 6.07) is 7.69.